The Hall–Kier alpha value is -7.28. The first-order valence-corrected chi connectivity index (χ1v) is 22.7. The molecule has 0 spiro atoms. The monoisotopic (exact) mass is 988 g/mol. The highest BCUT2D eigenvalue weighted by Crippen LogP contribution is 2.37. The highest BCUT2D eigenvalue weighted by molar-refractivity contribution is 6.32. The Morgan fingerprint density at radius 2 is 0.986 bits per heavy atom. The molecule has 0 aliphatic carbocycles. The Bertz CT molecular complexity index is 2710. The number of nitriles is 2. The van der Waals surface area contributed by atoms with Crippen molar-refractivity contribution < 1.29 is 49.0 Å². The third-order valence-electron chi connectivity index (χ3n) is 11.3. The van der Waals surface area contributed by atoms with Crippen molar-refractivity contribution in [3.8, 4) is 46.3 Å². The summed E-state index contributed by atoms with van der Waals surface area (Å²) in [5.41, 5.74) is 8.71. The standard InChI is InChI=1S/C52H50Cl2N6O10/c1-31-37(29-69-49-17-47(67-27-35-13-33(19-55)21-57-23-35)39(15-43(49)53)25-59-45(9-11-61)51(63)64)5-3-7-41(31)42-8-4-6-38(32(42)2)30-70-50-18-48(68-28-36-14-34(20-56)22-58-24-36)40(16-44(50)54)26-60-46(10-12-62)52(65)66/h3-8,13-18,21-24,45-46,59-62H,9-12,25-30H2,1-2H3,(H,63,64)(H,65,66)/t45-,46-/m1/s1. The lowest BCUT2D eigenvalue weighted by atomic mass is 9.92. The van der Waals surface area contributed by atoms with Gasteiger partial charge in [0, 0.05) is 85.5 Å². The van der Waals surface area contributed by atoms with Crippen LogP contribution in [0.25, 0.3) is 11.1 Å². The van der Waals surface area contributed by atoms with E-state index in [2.05, 4.69) is 32.7 Å². The molecule has 2 heterocycles. The normalized spacial score (nSPS) is 11.8. The van der Waals surface area contributed by atoms with Crippen LogP contribution in [0.3, 0.4) is 0 Å². The summed E-state index contributed by atoms with van der Waals surface area (Å²) in [4.78, 5) is 31.8. The van der Waals surface area contributed by atoms with Crippen LogP contribution in [0.2, 0.25) is 10.0 Å². The van der Waals surface area contributed by atoms with Gasteiger partial charge in [-0.2, -0.15) is 10.5 Å². The van der Waals surface area contributed by atoms with Crippen molar-refractivity contribution >= 4 is 35.1 Å². The van der Waals surface area contributed by atoms with Crippen LogP contribution < -0.4 is 29.6 Å². The second kappa shape index (κ2) is 25.4. The second-order valence-corrected chi connectivity index (χ2v) is 16.9. The highest BCUT2D eigenvalue weighted by atomic mass is 35.5. The maximum absolute atomic E-state index is 11.8. The molecule has 0 amide bonds. The van der Waals surface area contributed by atoms with E-state index in [-0.39, 0.29) is 75.6 Å². The number of benzene rings is 4. The summed E-state index contributed by atoms with van der Waals surface area (Å²) in [5, 5.41) is 63.2. The number of hydrogen-bond donors (Lipinski definition) is 6. The number of carbonyl (C=O) groups is 2. The summed E-state index contributed by atoms with van der Waals surface area (Å²) in [7, 11) is 0. The van der Waals surface area contributed by atoms with E-state index in [0.717, 1.165) is 33.4 Å². The summed E-state index contributed by atoms with van der Waals surface area (Å²) in [6, 6.07) is 23.8. The fourth-order valence-electron chi connectivity index (χ4n) is 7.42. The van der Waals surface area contributed by atoms with Gasteiger partial charge >= 0.3 is 11.9 Å². The number of aliphatic hydroxyl groups excluding tert-OH is 2. The number of ether oxygens (including phenoxy) is 4. The summed E-state index contributed by atoms with van der Waals surface area (Å²) < 4.78 is 25.1. The average Bonchev–Trinajstić information content (AvgIpc) is 3.35. The van der Waals surface area contributed by atoms with E-state index in [1.54, 1.807) is 48.8 Å². The fourth-order valence-corrected chi connectivity index (χ4v) is 7.90. The molecule has 0 bridgehead atoms. The Labute approximate surface area is 414 Å². The molecule has 6 aromatic rings. The number of hydrogen-bond acceptors (Lipinski definition) is 14. The molecule has 0 radical (unpaired) electrons. The second-order valence-electron chi connectivity index (χ2n) is 16.1. The van der Waals surface area contributed by atoms with E-state index < -0.39 is 24.0 Å². The van der Waals surface area contributed by atoms with Gasteiger partial charge in [-0.15, -0.1) is 0 Å². The fraction of sp³-hybridized carbons (Fsp3) is 0.269. The van der Waals surface area contributed by atoms with E-state index in [0.29, 0.717) is 56.4 Å². The van der Waals surface area contributed by atoms with Crippen molar-refractivity contribution in [2.75, 3.05) is 13.2 Å². The molecule has 6 N–H and O–H groups in total. The number of aliphatic hydroxyl groups is 2. The number of nitrogens with one attached hydrogen (secondary N) is 2. The SMILES string of the molecule is Cc1c(COc2cc(OCc3cncc(C#N)c3)c(CN[C@H](CCO)C(=O)O)cc2Cl)cccc1-c1cccc(COc2cc(OCc3cncc(C#N)c3)c(CN[C@H](CCO)C(=O)O)cc2Cl)c1C. The van der Waals surface area contributed by atoms with Gasteiger partial charge in [0.05, 0.1) is 21.2 Å². The molecule has 0 fully saturated rings. The van der Waals surface area contributed by atoms with Gasteiger partial charge in [-0.1, -0.05) is 59.6 Å². The van der Waals surface area contributed by atoms with Crippen LogP contribution in [0.1, 0.15) is 68.5 Å². The molecule has 16 nitrogen and oxygen atoms in total. The van der Waals surface area contributed by atoms with Crippen molar-refractivity contribution in [2.45, 2.75) is 78.3 Å². The highest BCUT2D eigenvalue weighted by Gasteiger charge is 2.21. The predicted molar refractivity (Wildman–Crippen MR) is 259 cm³/mol. The van der Waals surface area contributed by atoms with Crippen LogP contribution in [0, 0.1) is 36.5 Å². The molecule has 2 atom stereocenters. The lowest BCUT2D eigenvalue weighted by Crippen LogP contribution is -2.37. The van der Waals surface area contributed by atoms with Crippen molar-refractivity contribution in [2.24, 2.45) is 0 Å². The molecule has 362 valence electrons. The molecular formula is C52H50Cl2N6O10. The number of carboxylic acids is 2. The van der Waals surface area contributed by atoms with E-state index in [4.69, 9.17) is 42.1 Å². The van der Waals surface area contributed by atoms with Gasteiger partial charge in [0.25, 0.3) is 0 Å². The van der Waals surface area contributed by atoms with Crippen LogP contribution in [0.15, 0.2) is 97.6 Å². The number of pyridine rings is 2. The van der Waals surface area contributed by atoms with Gasteiger partial charge in [-0.25, -0.2) is 0 Å². The van der Waals surface area contributed by atoms with Crippen LogP contribution in [0.4, 0.5) is 0 Å². The minimum Gasteiger partial charge on any atom is -0.488 e. The van der Waals surface area contributed by atoms with Gasteiger partial charge < -0.3 is 50.0 Å². The van der Waals surface area contributed by atoms with E-state index in [9.17, 15) is 40.5 Å². The maximum atomic E-state index is 11.8. The van der Waals surface area contributed by atoms with Crippen LogP contribution in [0.5, 0.6) is 23.0 Å². The number of nitrogens with zero attached hydrogens (tertiary/aromatic N) is 4. The molecule has 0 saturated carbocycles. The Kier molecular flexibility index (Phi) is 18.9. The van der Waals surface area contributed by atoms with Crippen molar-refractivity contribution in [1.82, 2.24) is 20.6 Å². The average molecular weight is 990 g/mol. The van der Waals surface area contributed by atoms with Gasteiger partial charge in [0.2, 0.25) is 0 Å². The topological polar surface area (TPSA) is 249 Å². The Morgan fingerprint density at radius 1 is 0.586 bits per heavy atom. The molecule has 0 aliphatic rings. The number of halogens is 2. The Morgan fingerprint density at radius 3 is 1.36 bits per heavy atom. The first kappa shape index (κ1) is 52.1. The third kappa shape index (κ3) is 13.9. The van der Waals surface area contributed by atoms with E-state index >= 15 is 0 Å². The van der Waals surface area contributed by atoms with Crippen molar-refractivity contribution in [3.05, 3.63) is 163 Å². The molecular weight excluding hydrogens is 940 g/mol. The van der Waals surface area contributed by atoms with Crippen molar-refractivity contribution in [3.63, 3.8) is 0 Å². The zero-order valence-electron chi connectivity index (χ0n) is 38.2. The van der Waals surface area contributed by atoms with Crippen LogP contribution >= 0.6 is 23.2 Å². The number of aromatic nitrogens is 2. The van der Waals surface area contributed by atoms with Crippen LogP contribution in [-0.2, 0) is 49.1 Å². The van der Waals surface area contributed by atoms with E-state index in [1.807, 2.05) is 50.2 Å². The molecule has 0 aliphatic heterocycles. The number of aliphatic carboxylic acids is 2. The summed E-state index contributed by atoms with van der Waals surface area (Å²) in [5.74, 6) is -0.853. The Balaban J connectivity index is 1.21. The largest absolute Gasteiger partial charge is 0.488 e. The lowest BCUT2D eigenvalue weighted by Gasteiger charge is -2.20. The molecule has 18 heteroatoms. The third-order valence-corrected chi connectivity index (χ3v) is 11.9. The quantitative estimate of drug-likeness (QED) is 0.0318. The van der Waals surface area contributed by atoms with E-state index in [1.165, 1.54) is 12.4 Å². The number of carboxylic acid groups (broad SMARTS) is 2. The van der Waals surface area contributed by atoms with Crippen molar-refractivity contribution in [1.29, 1.82) is 10.5 Å². The predicted octanol–water partition coefficient (Wildman–Crippen LogP) is 7.98. The first-order valence-electron chi connectivity index (χ1n) is 22.0. The maximum Gasteiger partial charge on any atom is 0.320 e. The molecule has 4 aromatic carbocycles. The smallest absolute Gasteiger partial charge is 0.320 e. The summed E-state index contributed by atoms with van der Waals surface area (Å²) in [6.07, 6.45) is 6.05. The molecule has 6 rings (SSSR count). The van der Waals surface area contributed by atoms with Gasteiger partial charge in [0.15, 0.2) is 0 Å². The first-order chi connectivity index (χ1) is 33.8. The summed E-state index contributed by atoms with van der Waals surface area (Å²) >= 11 is 13.6. The molecule has 0 unspecified atom stereocenters. The van der Waals surface area contributed by atoms with Gasteiger partial charge in [-0.05, 0) is 84.3 Å². The minimum absolute atomic E-state index is 0.00264. The molecule has 0 saturated heterocycles. The number of rotatable bonds is 25. The summed E-state index contributed by atoms with van der Waals surface area (Å²) in [6.45, 7) is 3.86. The molecule has 2 aromatic heterocycles. The van der Waals surface area contributed by atoms with Crippen LogP contribution in [-0.4, -0.2) is 67.6 Å². The minimum atomic E-state index is -1.11. The van der Waals surface area contributed by atoms with Gasteiger partial charge in [-0.3, -0.25) is 19.6 Å². The zero-order chi connectivity index (χ0) is 50.2. The molecule has 70 heavy (non-hydrogen) atoms. The zero-order valence-corrected chi connectivity index (χ0v) is 39.8. The van der Waals surface area contributed by atoms with Gasteiger partial charge in [0.1, 0.15) is 73.6 Å². The lowest BCUT2D eigenvalue weighted by molar-refractivity contribution is -0.140.